The van der Waals surface area contributed by atoms with Crippen LogP contribution < -0.4 is 5.73 Å². The van der Waals surface area contributed by atoms with Crippen LogP contribution in [0.1, 0.15) is 20.3 Å². The van der Waals surface area contributed by atoms with Crippen LogP contribution in [0.25, 0.3) is 0 Å². The molecular weight excluding hydrogens is 146 g/mol. The molecule has 0 bridgehead atoms. The van der Waals surface area contributed by atoms with E-state index in [2.05, 4.69) is 0 Å². The Hall–Kier alpha value is -0.610. The highest BCUT2D eigenvalue weighted by Crippen LogP contribution is 2.14. The fourth-order valence-corrected chi connectivity index (χ4v) is 0.700. The van der Waals surface area contributed by atoms with Gasteiger partial charge in [-0.1, -0.05) is 0 Å². The standard InChI is InChI=1S/C7H15NO3/c1-7(2,11-3)4-5(8)6(9)10/h5H,4,8H2,1-3H3,(H,9,10)/t5-/m0/s1. The summed E-state index contributed by atoms with van der Waals surface area (Å²) >= 11 is 0. The van der Waals surface area contributed by atoms with E-state index in [0.717, 1.165) is 0 Å². The predicted molar refractivity (Wildman–Crippen MR) is 41.3 cm³/mol. The van der Waals surface area contributed by atoms with Gasteiger partial charge >= 0.3 is 5.97 Å². The third kappa shape index (κ3) is 3.95. The van der Waals surface area contributed by atoms with E-state index in [4.69, 9.17) is 15.6 Å². The first-order chi connectivity index (χ1) is 4.89. The number of nitrogens with two attached hydrogens (primary N) is 1. The molecule has 0 aliphatic heterocycles. The van der Waals surface area contributed by atoms with Crippen LogP contribution in [0.3, 0.4) is 0 Å². The average molecular weight is 161 g/mol. The van der Waals surface area contributed by atoms with Crippen LogP contribution >= 0.6 is 0 Å². The summed E-state index contributed by atoms with van der Waals surface area (Å²) in [7, 11) is 1.54. The van der Waals surface area contributed by atoms with Gasteiger partial charge in [0.1, 0.15) is 6.04 Å². The van der Waals surface area contributed by atoms with E-state index in [-0.39, 0.29) is 0 Å². The van der Waals surface area contributed by atoms with Crippen molar-refractivity contribution in [1.82, 2.24) is 0 Å². The molecule has 11 heavy (non-hydrogen) atoms. The van der Waals surface area contributed by atoms with Gasteiger partial charge in [-0.05, 0) is 13.8 Å². The summed E-state index contributed by atoms with van der Waals surface area (Å²) in [5, 5.41) is 8.46. The van der Waals surface area contributed by atoms with E-state index < -0.39 is 17.6 Å². The normalized spacial score (nSPS) is 14.5. The van der Waals surface area contributed by atoms with Crippen LogP contribution in [0.4, 0.5) is 0 Å². The molecule has 0 rings (SSSR count). The molecule has 0 aliphatic carbocycles. The molecule has 4 nitrogen and oxygen atoms in total. The molecule has 0 aromatic carbocycles. The van der Waals surface area contributed by atoms with Crippen molar-refractivity contribution in [3.63, 3.8) is 0 Å². The lowest BCUT2D eigenvalue weighted by Crippen LogP contribution is -2.38. The third-order valence-electron chi connectivity index (χ3n) is 1.58. The number of hydrogen-bond acceptors (Lipinski definition) is 3. The van der Waals surface area contributed by atoms with E-state index in [1.807, 2.05) is 0 Å². The summed E-state index contributed by atoms with van der Waals surface area (Å²) in [5.41, 5.74) is 4.84. The van der Waals surface area contributed by atoms with Gasteiger partial charge in [0.05, 0.1) is 5.60 Å². The van der Waals surface area contributed by atoms with Gasteiger partial charge in [-0.2, -0.15) is 0 Å². The third-order valence-corrected chi connectivity index (χ3v) is 1.58. The maximum absolute atomic E-state index is 10.3. The molecule has 66 valence electrons. The Labute approximate surface area is 66.3 Å². The Morgan fingerprint density at radius 1 is 1.73 bits per heavy atom. The molecule has 0 fully saturated rings. The highest BCUT2D eigenvalue weighted by atomic mass is 16.5. The maximum Gasteiger partial charge on any atom is 0.320 e. The Morgan fingerprint density at radius 2 is 2.18 bits per heavy atom. The molecule has 0 unspecified atom stereocenters. The Kier molecular flexibility index (Phi) is 3.48. The number of carboxylic acids is 1. The van der Waals surface area contributed by atoms with Crippen molar-refractivity contribution >= 4 is 5.97 Å². The van der Waals surface area contributed by atoms with Crippen molar-refractivity contribution in [1.29, 1.82) is 0 Å². The minimum atomic E-state index is -0.991. The Morgan fingerprint density at radius 3 is 2.45 bits per heavy atom. The highest BCUT2D eigenvalue weighted by molar-refractivity contribution is 5.73. The van der Waals surface area contributed by atoms with Gasteiger partial charge < -0.3 is 15.6 Å². The van der Waals surface area contributed by atoms with Gasteiger partial charge in [0.2, 0.25) is 0 Å². The molecule has 4 heteroatoms. The van der Waals surface area contributed by atoms with Crippen LogP contribution in [-0.2, 0) is 9.53 Å². The number of aliphatic carboxylic acids is 1. The molecule has 0 heterocycles. The van der Waals surface area contributed by atoms with Crippen molar-refractivity contribution in [3.05, 3.63) is 0 Å². The summed E-state index contributed by atoms with van der Waals surface area (Å²) < 4.78 is 5.02. The number of ether oxygens (including phenoxy) is 1. The number of hydrogen-bond donors (Lipinski definition) is 2. The molecule has 0 saturated heterocycles. The van der Waals surface area contributed by atoms with Crippen LogP contribution in [0.15, 0.2) is 0 Å². The number of methoxy groups -OCH3 is 1. The largest absolute Gasteiger partial charge is 0.480 e. The van der Waals surface area contributed by atoms with Crippen molar-refractivity contribution in [2.75, 3.05) is 7.11 Å². The van der Waals surface area contributed by atoms with Gasteiger partial charge in [-0.3, -0.25) is 4.79 Å². The second-order valence-electron chi connectivity index (χ2n) is 3.11. The lowest BCUT2D eigenvalue weighted by atomic mass is 10.00. The zero-order valence-corrected chi connectivity index (χ0v) is 7.13. The first-order valence-corrected chi connectivity index (χ1v) is 3.42. The fraction of sp³-hybridized carbons (Fsp3) is 0.857. The molecule has 0 saturated carbocycles. The maximum atomic E-state index is 10.3. The van der Waals surface area contributed by atoms with Gasteiger partial charge in [0.15, 0.2) is 0 Å². The lowest BCUT2D eigenvalue weighted by molar-refractivity contribution is -0.140. The highest BCUT2D eigenvalue weighted by Gasteiger charge is 2.24. The van der Waals surface area contributed by atoms with Crippen molar-refractivity contribution in [2.45, 2.75) is 31.9 Å². The molecule has 0 amide bonds. The molecule has 0 aliphatic rings. The average Bonchev–Trinajstić information content (AvgIpc) is 1.87. The molecule has 0 aromatic heterocycles. The van der Waals surface area contributed by atoms with E-state index in [1.165, 1.54) is 7.11 Å². The molecule has 0 radical (unpaired) electrons. The first kappa shape index (κ1) is 10.4. The van der Waals surface area contributed by atoms with Gasteiger partial charge in [-0.25, -0.2) is 0 Å². The minimum absolute atomic E-state index is 0.318. The zero-order chi connectivity index (χ0) is 9.07. The van der Waals surface area contributed by atoms with E-state index in [9.17, 15) is 4.79 Å². The topological polar surface area (TPSA) is 72.5 Å². The molecule has 3 N–H and O–H groups in total. The molecule has 0 spiro atoms. The van der Waals surface area contributed by atoms with E-state index in [1.54, 1.807) is 13.8 Å². The summed E-state index contributed by atoms with van der Waals surface area (Å²) in [5.74, 6) is -0.991. The van der Waals surface area contributed by atoms with E-state index in [0.29, 0.717) is 6.42 Å². The minimum Gasteiger partial charge on any atom is -0.480 e. The zero-order valence-electron chi connectivity index (χ0n) is 7.13. The number of carboxylic acid groups (broad SMARTS) is 1. The summed E-state index contributed by atoms with van der Waals surface area (Å²) in [4.78, 5) is 10.3. The van der Waals surface area contributed by atoms with Crippen LogP contribution in [0.2, 0.25) is 0 Å². The lowest BCUT2D eigenvalue weighted by Gasteiger charge is -2.24. The Balaban J connectivity index is 3.93. The van der Waals surface area contributed by atoms with Crippen molar-refractivity contribution in [3.8, 4) is 0 Å². The van der Waals surface area contributed by atoms with E-state index >= 15 is 0 Å². The fourth-order valence-electron chi connectivity index (χ4n) is 0.700. The van der Waals surface area contributed by atoms with Crippen LogP contribution in [0.5, 0.6) is 0 Å². The van der Waals surface area contributed by atoms with Crippen molar-refractivity contribution < 1.29 is 14.6 Å². The predicted octanol–water partition coefficient (Wildman–Crippen LogP) is 0.213. The smallest absolute Gasteiger partial charge is 0.320 e. The quantitative estimate of drug-likeness (QED) is 0.618. The van der Waals surface area contributed by atoms with Gasteiger partial charge in [0.25, 0.3) is 0 Å². The van der Waals surface area contributed by atoms with Gasteiger partial charge in [-0.15, -0.1) is 0 Å². The summed E-state index contributed by atoms with van der Waals surface area (Å²) in [6, 6.07) is -0.843. The van der Waals surface area contributed by atoms with Crippen LogP contribution in [-0.4, -0.2) is 29.8 Å². The van der Waals surface area contributed by atoms with Crippen LogP contribution in [0, 0.1) is 0 Å². The first-order valence-electron chi connectivity index (χ1n) is 3.42. The molecule has 0 aromatic rings. The summed E-state index contributed by atoms with van der Waals surface area (Å²) in [6.45, 7) is 3.60. The molecular formula is C7H15NO3. The Bertz CT molecular complexity index is 145. The SMILES string of the molecule is COC(C)(C)C[C@H](N)C(=O)O. The van der Waals surface area contributed by atoms with Crippen molar-refractivity contribution in [2.24, 2.45) is 5.73 Å². The number of rotatable bonds is 4. The second-order valence-corrected chi connectivity index (χ2v) is 3.11. The summed E-state index contributed by atoms with van der Waals surface area (Å²) in [6.07, 6.45) is 0.318. The van der Waals surface area contributed by atoms with Gasteiger partial charge in [0, 0.05) is 13.5 Å². The second kappa shape index (κ2) is 3.69. The number of carbonyl (C=O) groups is 1. The molecule has 1 atom stereocenters. The monoisotopic (exact) mass is 161 g/mol.